The third-order valence-corrected chi connectivity index (χ3v) is 4.41. The lowest BCUT2D eigenvalue weighted by Crippen LogP contribution is -2.19. The summed E-state index contributed by atoms with van der Waals surface area (Å²) >= 11 is 0. The zero-order valence-corrected chi connectivity index (χ0v) is 16.7. The van der Waals surface area contributed by atoms with Crippen LogP contribution in [0.2, 0.25) is 0 Å². The molecule has 0 aliphatic carbocycles. The number of nitrogens with zero attached hydrogens (tertiary/aromatic N) is 2. The first-order chi connectivity index (χ1) is 15.2. The van der Waals surface area contributed by atoms with E-state index in [0.717, 1.165) is 0 Å². The van der Waals surface area contributed by atoms with Gasteiger partial charge in [-0.2, -0.15) is 5.10 Å². The highest BCUT2D eigenvalue weighted by Gasteiger charge is 2.22. The van der Waals surface area contributed by atoms with Gasteiger partial charge in [0.15, 0.2) is 5.76 Å². The van der Waals surface area contributed by atoms with E-state index in [4.69, 9.17) is 9.15 Å². The van der Waals surface area contributed by atoms with Crippen LogP contribution in [0.25, 0.3) is 5.69 Å². The number of hydrogen-bond acceptors (Lipinski definition) is 5. The van der Waals surface area contributed by atoms with Crippen LogP contribution in [0.1, 0.15) is 27.8 Å². The highest BCUT2D eigenvalue weighted by atomic mass is 16.5. The molecule has 156 valence electrons. The Morgan fingerprint density at radius 3 is 2.42 bits per heavy atom. The molecular weight excluding hydrogens is 396 g/mol. The number of amides is 2. The molecule has 4 rings (SSSR count). The maximum absolute atomic E-state index is 13.0. The molecule has 8 heteroatoms. The van der Waals surface area contributed by atoms with Crippen LogP contribution in [0.3, 0.4) is 0 Å². The molecule has 8 nitrogen and oxygen atoms in total. The first-order valence-corrected chi connectivity index (χ1v) is 9.68. The summed E-state index contributed by atoms with van der Waals surface area (Å²) in [5.74, 6) is 0.164. The summed E-state index contributed by atoms with van der Waals surface area (Å²) in [6, 6.07) is 19.4. The Morgan fingerprint density at radius 2 is 1.74 bits per heavy atom. The Kier molecular flexibility index (Phi) is 5.79. The fraction of sp³-hybridized carbons (Fsp3) is 0.0870. The van der Waals surface area contributed by atoms with E-state index in [1.807, 2.05) is 37.3 Å². The molecule has 4 aromatic rings. The second kappa shape index (κ2) is 9.00. The number of benzene rings is 2. The Hall–Kier alpha value is -4.33. The van der Waals surface area contributed by atoms with Crippen LogP contribution < -0.4 is 15.4 Å². The zero-order chi connectivity index (χ0) is 21.6. The van der Waals surface area contributed by atoms with Crippen molar-refractivity contribution in [2.75, 3.05) is 17.2 Å². The fourth-order valence-corrected chi connectivity index (χ4v) is 2.98. The first kappa shape index (κ1) is 20.0. The van der Waals surface area contributed by atoms with Gasteiger partial charge in [0, 0.05) is 5.69 Å². The quantitative estimate of drug-likeness (QED) is 0.466. The average molecular weight is 416 g/mol. The van der Waals surface area contributed by atoms with Crippen LogP contribution in [0.5, 0.6) is 5.75 Å². The molecule has 0 saturated carbocycles. The van der Waals surface area contributed by atoms with E-state index in [1.165, 1.54) is 23.2 Å². The molecule has 0 atom stereocenters. The van der Waals surface area contributed by atoms with Gasteiger partial charge in [0.25, 0.3) is 11.8 Å². The smallest absolute Gasteiger partial charge is 0.292 e. The molecule has 0 spiro atoms. The van der Waals surface area contributed by atoms with Crippen LogP contribution in [0, 0.1) is 0 Å². The summed E-state index contributed by atoms with van der Waals surface area (Å²) in [4.78, 5) is 25.6. The molecule has 0 saturated heterocycles. The second-order valence-corrected chi connectivity index (χ2v) is 6.50. The molecule has 0 aliphatic rings. The fourth-order valence-electron chi connectivity index (χ4n) is 2.98. The van der Waals surface area contributed by atoms with Gasteiger partial charge in [0.05, 0.1) is 24.8 Å². The number of carbonyl (C=O) groups is 2. The number of ether oxygens (including phenoxy) is 1. The third kappa shape index (κ3) is 4.48. The maximum atomic E-state index is 13.0. The number of hydrogen-bond donors (Lipinski definition) is 2. The SMILES string of the molecule is CCOc1ccc(NC(=O)c2cnn(-c3ccccc3)c2NC(=O)c2ccco2)cc1. The van der Waals surface area contributed by atoms with Gasteiger partial charge in [-0.1, -0.05) is 18.2 Å². The number of para-hydroxylation sites is 1. The molecule has 0 radical (unpaired) electrons. The van der Waals surface area contributed by atoms with Crippen molar-refractivity contribution in [2.45, 2.75) is 6.92 Å². The summed E-state index contributed by atoms with van der Waals surface area (Å²) in [5, 5.41) is 9.87. The molecule has 2 heterocycles. The van der Waals surface area contributed by atoms with Gasteiger partial charge in [-0.25, -0.2) is 4.68 Å². The predicted molar refractivity (Wildman–Crippen MR) is 116 cm³/mol. The minimum atomic E-state index is -0.488. The van der Waals surface area contributed by atoms with Crippen molar-refractivity contribution in [1.29, 1.82) is 0 Å². The molecule has 2 aromatic heterocycles. The monoisotopic (exact) mass is 416 g/mol. The molecule has 0 aliphatic heterocycles. The van der Waals surface area contributed by atoms with Crippen LogP contribution in [-0.4, -0.2) is 28.2 Å². The van der Waals surface area contributed by atoms with E-state index in [9.17, 15) is 9.59 Å². The summed E-state index contributed by atoms with van der Waals surface area (Å²) in [6.07, 6.45) is 2.82. The number of furan rings is 1. The second-order valence-electron chi connectivity index (χ2n) is 6.50. The minimum absolute atomic E-state index is 0.124. The zero-order valence-electron chi connectivity index (χ0n) is 16.7. The molecule has 0 bridgehead atoms. The number of rotatable bonds is 7. The summed E-state index contributed by atoms with van der Waals surface area (Å²) in [7, 11) is 0. The Morgan fingerprint density at radius 1 is 0.968 bits per heavy atom. The van der Waals surface area contributed by atoms with E-state index in [-0.39, 0.29) is 17.1 Å². The number of carbonyl (C=O) groups excluding carboxylic acids is 2. The van der Waals surface area contributed by atoms with Crippen molar-refractivity contribution >= 4 is 23.3 Å². The van der Waals surface area contributed by atoms with Gasteiger partial charge in [-0.3, -0.25) is 9.59 Å². The van der Waals surface area contributed by atoms with E-state index < -0.39 is 11.8 Å². The largest absolute Gasteiger partial charge is 0.494 e. The lowest BCUT2D eigenvalue weighted by Gasteiger charge is -2.11. The number of nitrogens with one attached hydrogen (secondary N) is 2. The predicted octanol–water partition coefficient (Wildman–Crippen LogP) is 4.37. The van der Waals surface area contributed by atoms with E-state index in [1.54, 1.807) is 30.3 Å². The molecule has 2 aromatic carbocycles. The van der Waals surface area contributed by atoms with Gasteiger partial charge in [-0.05, 0) is 55.5 Å². The number of aromatic nitrogens is 2. The van der Waals surface area contributed by atoms with Gasteiger partial charge in [0.1, 0.15) is 17.1 Å². The lowest BCUT2D eigenvalue weighted by atomic mass is 10.2. The molecular formula is C23H20N4O4. The van der Waals surface area contributed by atoms with E-state index in [2.05, 4.69) is 15.7 Å². The van der Waals surface area contributed by atoms with Crippen LogP contribution in [0.4, 0.5) is 11.5 Å². The van der Waals surface area contributed by atoms with Gasteiger partial charge in [-0.15, -0.1) is 0 Å². The summed E-state index contributed by atoms with van der Waals surface area (Å²) in [6.45, 7) is 2.46. The number of anilines is 2. The highest BCUT2D eigenvalue weighted by Crippen LogP contribution is 2.23. The van der Waals surface area contributed by atoms with Gasteiger partial charge >= 0.3 is 0 Å². The van der Waals surface area contributed by atoms with Crippen molar-refractivity contribution < 1.29 is 18.7 Å². The van der Waals surface area contributed by atoms with E-state index >= 15 is 0 Å². The molecule has 31 heavy (non-hydrogen) atoms. The average Bonchev–Trinajstić information content (AvgIpc) is 3.46. The standard InChI is InChI=1S/C23H20N4O4/c1-2-30-18-12-10-16(11-13-18)25-22(28)19-15-24-27(17-7-4-3-5-8-17)21(19)26-23(29)20-9-6-14-31-20/h3-15H,2H2,1H3,(H,25,28)(H,26,29). The lowest BCUT2D eigenvalue weighted by molar-refractivity contribution is 0.0996. The molecule has 0 fully saturated rings. The summed E-state index contributed by atoms with van der Waals surface area (Å²) in [5.41, 5.74) is 1.49. The van der Waals surface area contributed by atoms with Crippen molar-refractivity contribution in [3.63, 3.8) is 0 Å². The maximum Gasteiger partial charge on any atom is 0.292 e. The topological polar surface area (TPSA) is 98.4 Å². The van der Waals surface area contributed by atoms with Crippen LogP contribution in [0.15, 0.2) is 83.6 Å². The molecule has 0 unspecified atom stereocenters. The van der Waals surface area contributed by atoms with E-state index in [0.29, 0.717) is 23.7 Å². The minimum Gasteiger partial charge on any atom is -0.494 e. The van der Waals surface area contributed by atoms with Crippen molar-refractivity contribution in [3.05, 3.63) is 90.5 Å². The first-order valence-electron chi connectivity index (χ1n) is 9.68. The highest BCUT2D eigenvalue weighted by molar-refractivity contribution is 6.11. The third-order valence-electron chi connectivity index (χ3n) is 4.41. The normalized spacial score (nSPS) is 10.5. The summed E-state index contributed by atoms with van der Waals surface area (Å²) < 4.78 is 12.1. The van der Waals surface area contributed by atoms with Crippen molar-refractivity contribution in [2.24, 2.45) is 0 Å². The Balaban J connectivity index is 1.63. The Labute approximate surface area is 178 Å². The van der Waals surface area contributed by atoms with Crippen molar-refractivity contribution in [1.82, 2.24) is 9.78 Å². The van der Waals surface area contributed by atoms with Gasteiger partial charge in [0.2, 0.25) is 0 Å². The van der Waals surface area contributed by atoms with Crippen LogP contribution >= 0.6 is 0 Å². The molecule has 2 amide bonds. The van der Waals surface area contributed by atoms with Crippen LogP contribution in [-0.2, 0) is 0 Å². The van der Waals surface area contributed by atoms with Gasteiger partial charge < -0.3 is 19.8 Å². The Bertz CT molecular complexity index is 1170. The molecule has 2 N–H and O–H groups in total. The van der Waals surface area contributed by atoms with Crippen molar-refractivity contribution in [3.8, 4) is 11.4 Å².